The molecule has 2 aromatic rings. The van der Waals surface area contributed by atoms with E-state index in [-0.39, 0.29) is 17.7 Å². The average Bonchev–Trinajstić information content (AvgIpc) is 2.87. The van der Waals surface area contributed by atoms with Crippen molar-refractivity contribution >= 4 is 17.3 Å². The zero-order valence-electron chi connectivity index (χ0n) is 14.4. The molecule has 0 fully saturated rings. The summed E-state index contributed by atoms with van der Waals surface area (Å²) in [5, 5.41) is 8.03. The van der Waals surface area contributed by atoms with Crippen LogP contribution in [0.15, 0.2) is 34.6 Å². The van der Waals surface area contributed by atoms with Gasteiger partial charge in [-0.3, -0.25) is 19.6 Å². The molecule has 0 aliphatic carbocycles. The predicted octanol–water partition coefficient (Wildman–Crippen LogP) is 1.90. The maximum absolute atomic E-state index is 13.7. The molecule has 0 radical (unpaired) electrons. The minimum absolute atomic E-state index is 0.121. The maximum Gasteiger partial charge on any atom is 0.272 e. The third-order valence-electron chi connectivity index (χ3n) is 4.56. The lowest BCUT2D eigenvalue weighted by atomic mass is 9.86. The Morgan fingerprint density at radius 1 is 1.35 bits per heavy atom. The van der Waals surface area contributed by atoms with Gasteiger partial charge in [0.25, 0.3) is 5.91 Å². The normalized spacial score (nSPS) is 19.4. The van der Waals surface area contributed by atoms with Crippen LogP contribution in [-0.2, 0) is 10.3 Å². The van der Waals surface area contributed by atoms with Gasteiger partial charge in [0.15, 0.2) is 11.6 Å². The van der Waals surface area contributed by atoms with E-state index < -0.39 is 28.8 Å². The highest BCUT2D eigenvalue weighted by Gasteiger charge is 2.41. The fourth-order valence-electron chi connectivity index (χ4n) is 3.03. The highest BCUT2D eigenvalue weighted by Crippen LogP contribution is 2.37. The Kier molecular flexibility index (Phi) is 4.31. The quantitative estimate of drug-likeness (QED) is 0.874. The van der Waals surface area contributed by atoms with E-state index in [2.05, 4.69) is 20.4 Å². The number of hydrogen-bond acceptors (Lipinski definition) is 5. The molecule has 2 aromatic heterocycles. The minimum Gasteiger partial charge on any atom is -0.329 e. The van der Waals surface area contributed by atoms with Crippen LogP contribution < -0.4 is 10.9 Å². The Hall–Kier alpha value is -3.10. The maximum atomic E-state index is 13.7. The zero-order chi connectivity index (χ0) is 19.1. The lowest BCUT2D eigenvalue weighted by Gasteiger charge is -2.32. The Labute approximate surface area is 147 Å². The number of rotatable bonds is 3. The van der Waals surface area contributed by atoms with Crippen molar-refractivity contribution in [3.05, 3.63) is 57.8 Å². The molecule has 3 heterocycles. The van der Waals surface area contributed by atoms with Gasteiger partial charge in [-0.05, 0) is 25.0 Å². The summed E-state index contributed by atoms with van der Waals surface area (Å²) < 4.78 is 27.4. The Morgan fingerprint density at radius 2 is 2.00 bits per heavy atom. The second kappa shape index (κ2) is 6.32. The van der Waals surface area contributed by atoms with Crippen molar-refractivity contribution in [3.63, 3.8) is 0 Å². The van der Waals surface area contributed by atoms with Gasteiger partial charge in [-0.25, -0.2) is 8.78 Å². The smallest absolute Gasteiger partial charge is 0.272 e. The molecule has 1 amide bonds. The van der Waals surface area contributed by atoms with Crippen molar-refractivity contribution < 1.29 is 13.6 Å². The molecule has 1 unspecified atom stereocenters. The summed E-state index contributed by atoms with van der Waals surface area (Å²) in [5.74, 6) is -2.64. The molecule has 0 aromatic carbocycles. The Bertz CT molecular complexity index is 952. The second-order valence-corrected chi connectivity index (χ2v) is 6.35. The summed E-state index contributed by atoms with van der Waals surface area (Å²) in [4.78, 5) is 29.9. The van der Waals surface area contributed by atoms with Crippen LogP contribution in [0.25, 0.3) is 0 Å². The van der Waals surface area contributed by atoms with Crippen LogP contribution in [0.2, 0.25) is 0 Å². The standard InChI is InChI=1S/C17H17F2N5O2/c1-9-4-14(25)21-6-10(9)17(2)5-13(23-24(17)3)16(26)22-15-11(18)7-20-8-12(15)19/h4,6-8H,5H2,1-3H3,(H,21,25)(H,20,22,26). The molecule has 0 saturated carbocycles. The molecule has 0 saturated heterocycles. The lowest BCUT2D eigenvalue weighted by molar-refractivity contribution is -0.110. The van der Waals surface area contributed by atoms with Gasteiger partial charge in [0.05, 0.1) is 17.9 Å². The van der Waals surface area contributed by atoms with Crippen LogP contribution in [0, 0.1) is 18.6 Å². The van der Waals surface area contributed by atoms with E-state index in [1.165, 1.54) is 6.07 Å². The van der Waals surface area contributed by atoms with Gasteiger partial charge in [-0.15, -0.1) is 0 Å². The van der Waals surface area contributed by atoms with Gasteiger partial charge in [-0.2, -0.15) is 5.10 Å². The van der Waals surface area contributed by atoms with Crippen LogP contribution in [0.4, 0.5) is 14.5 Å². The van der Waals surface area contributed by atoms with Crippen molar-refractivity contribution in [3.8, 4) is 0 Å². The second-order valence-electron chi connectivity index (χ2n) is 6.35. The number of H-pyrrole nitrogens is 1. The number of hydrogen-bond donors (Lipinski definition) is 2. The third kappa shape index (κ3) is 2.96. The summed E-state index contributed by atoms with van der Waals surface area (Å²) >= 11 is 0. The van der Waals surface area contributed by atoms with E-state index in [1.807, 2.05) is 6.92 Å². The largest absolute Gasteiger partial charge is 0.329 e. The number of pyridine rings is 2. The van der Waals surface area contributed by atoms with Crippen molar-refractivity contribution in [2.24, 2.45) is 5.10 Å². The number of aromatic amines is 1. The summed E-state index contributed by atoms with van der Waals surface area (Å²) in [5.41, 5.74) is 0.202. The van der Waals surface area contributed by atoms with E-state index in [0.717, 1.165) is 23.5 Å². The first-order valence-electron chi connectivity index (χ1n) is 7.84. The zero-order valence-corrected chi connectivity index (χ0v) is 14.4. The topological polar surface area (TPSA) is 90.4 Å². The van der Waals surface area contributed by atoms with E-state index in [4.69, 9.17) is 0 Å². The van der Waals surface area contributed by atoms with Gasteiger partial charge in [-0.1, -0.05) is 0 Å². The van der Waals surface area contributed by atoms with Crippen LogP contribution in [0.3, 0.4) is 0 Å². The monoisotopic (exact) mass is 361 g/mol. The van der Waals surface area contributed by atoms with Gasteiger partial charge < -0.3 is 10.3 Å². The number of nitrogens with one attached hydrogen (secondary N) is 2. The molecule has 0 spiro atoms. The van der Waals surface area contributed by atoms with Crippen molar-refractivity contribution in [2.75, 3.05) is 12.4 Å². The van der Waals surface area contributed by atoms with Crippen LogP contribution >= 0.6 is 0 Å². The third-order valence-corrected chi connectivity index (χ3v) is 4.56. The van der Waals surface area contributed by atoms with Gasteiger partial charge in [0.2, 0.25) is 5.56 Å². The number of hydrazone groups is 1. The molecule has 9 heteroatoms. The van der Waals surface area contributed by atoms with Crippen LogP contribution in [-0.4, -0.2) is 33.6 Å². The number of anilines is 1. The number of amides is 1. The van der Waals surface area contributed by atoms with Crippen LogP contribution in [0.1, 0.15) is 24.5 Å². The van der Waals surface area contributed by atoms with Crippen LogP contribution in [0.5, 0.6) is 0 Å². The predicted molar refractivity (Wildman–Crippen MR) is 91.7 cm³/mol. The number of aryl methyl sites for hydroxylation is 1. The average molecular weight is 361 g/mol. The van der Waals surface area contributed by atoms with E-state index in [9.17, 15) is 18.4 Å². The highest BCUT2D eigenvalue weighted by atomic mass is 19.1. The molecule has 136 valence electrons. The molecule has 1 aliphatic rings. The molecule has 1 aliphatic heterocycles. The SMILES string of the molecule is Cc1cc(=O)[nH]cc1C1(C)CC(C(=O)Nc2c(F)cncc2F)=NN1C. The van der Waals surface area contributed by atoms with Gasteiger partial charge >= 0.3 is 0 Å². The molecule has 26 heavy (non-hydrogen) atoms. The lowest BCUT2D eigenvalue weighted by Crippen LogP contribution is -2.36. The van der Waals surface area contributed by atoms with Crippen molar-refractivity contribution in [1.82, 2.24) is 15.0 Å². The first-order valence-corrected chi connectivity index (χ1v) is 7.84. The summed E-state index contributed by atoms with van der Waals surface area (Å²) in [6, 6.07) is 1.47. The van der Waals surface area contributed by atoms with E-state index in [1.54, 1.807) is 25.2 Å². The van der Waals surface area contributed by atoms with Crippen molar-refractivity contribution in [2.45, 2.75) is 25.8 Å². The number of carbonyl (C=O) groups excluding carboxylic acids is 1. The van der Waals surface area contributed by atoms with Gasteiger partial charge in [0, 0.05) is 25.7 Å². The highest BCUT2D eigenvalue weighted by molar-refractivity contribution is 6.43. The molecule has 7 nitrogen and oxygen atoms in total. The molecule has 0 bridgehead atoms. The fourth-order valence-corrected chi connectivity index (χ4v) is 3.03. The van der Waals surface area contributed by atoms with E-state index >= 15 is 0 Å². The van der Waals surface area contributed by atoms with Gasteiger partial charge in [0.1, 0.15) is 11.4 Å². The first-order chi connectivity index (χ1) is 12.2. The number of carbonyl (C=O) groups is 1. The first kappa shape index (κ1) is 17.7. The number of nitrogens with zero attached hydrogens (tertiary/aromatic N) is 3. The number of aromatic nitrogens is 2. The summed E-state index contributed by atoms with van der Waals surface area (Å²) in [6.45, 7) is 3.66. The fraction of sp³-hybridized carbons (Fsp3) is 0.294. The summed E-state index contributed by atoms with van der Waals surface area (Å²) in [7, 11) is 1.69. The Balaban J connectivity index is 1.86. The number of halogens is 2. The molecule has 1 atom stereocenters. The van der Waals surface area contributed by atoms with E-state index in [0.29, 0.717) is 0 Å². The Morgan fingerprint density at radius 3 is 2.62 bits per heavy atom. The minimum atomic E-state index is -0.968. The van der Waals surface area contributed by atoms with Crippen molar-refractivity contribution in [1.29, 1.82) is 0 Å². The summed E-state index contributed by atoms with van der Waals surface area (Å²) in [6.07, 6.45) is 3.42. The molecule has 3 rings (SSSR count). The molecular formula is C17H17F2N5O2. The molecular weight excluding hydrogens is 344 g/mol. The molecule has 2 N–H and O–H groups in total.